The van der Waals surface area contributed by atoms with Gasteiger partial charge in [0.05, 0.1) is 6.10 Å². The molecule has 2 fully saturated rings. The van der Waals surface area contributed by atoms with E-state index < -0.39 is 0 Å². The Labute approximate surface area is 101 Å². The number of aromatic nitrogens is 2. The molecule has 0 saturated heterocycles. The summed E-state index contributed by atoms with van der Waals surface area (Å²) in [6.45, 7) is 2.24. The Hall–Kier alpha value is -1.16. The van der Waals surface area contributed by atoms with Gasteiger partial charge in [-0.2, -0.15) is 0 Å². The molecule has 2 N–H and O–H groups in total. The highest BCUT2D eigenvalue weighted by Crippen LogP contribution is 2.37. The zero-order chi connectivity index (χ0) is 11.9. The molecule has 2 saturated carbocycles. The summed E-state index contributed by atoms with van der Waals surface area (Å²) in [6, 6.07) is 2.04. The second kappa shape index (κ2) is 3.95. The molecule has 4 nitrogen and oxygen atoms in total. The van der Waals surface area contributed by atoms with Crippen molar-refractivity contribution in [3.63, 3.8) is 0 Å². The summed E-state index contributed by atoms with van der Waals surface area (Å²) in [5, 5.41) is 12.8. The number of nitrogens with one attached hydrogen (secondary N) is 1. The summed E-state index contributed by atoms with van der Waals surface area (Å²) >= 11 is 0. The number of hydrogen-bond acceptors (Lipinski definition) is 4. The third-order valence-electron chi connectivity index (χ3n) is 4.11. The monoisotopic (exact) mass is 233 g/mol. The highest BCUT2D eigenvalue weighted by atomic mass is 16.3. The summed E-state index contributed by atoms with van der Waals surface area (Å²) in [7, 11) is 0. The molecule has 0 amide bonds. The summed E-state index contributed by atoms with van der Waals surface area (Å²) in [6.07, 6.45) is 6.92. The normalized spacial score (nSPS) is 30.2. The first-order valence-electron chi connectivity index (χ1n) is 6.43. The smallest absolute Gasteiger partial charge is 0.130 e. The highest BCUT2D eigenvalue weighted by Gasteiger charge is 2.33. The quantitative estimate of drug-likeness (QED) is 0.839. The Bertz CT molecular complexity index is 411. The van der Waals surface area contributed by atoms with Crippen LogP contribution in [0.2, 0.25) is 0 Å². The molecule has 3 rings (SSSR count). The van der Waals surface area contributed by atoms with Gasteiger partial charge < -0.3 is 10.4 Å². The molecule has 0 aliphatic heterocycles. The molecule has 0 unspecified atom stereocenters. The van der Waals surface area contributed by atoms with Gasteiger partial charge >= 0.3 is 0 Å². The maximum Gasteiger partial charge on any atom is 0.130 e. The Morgan fingerprint density at radius 1 is 1.35 bits per heavy atom. The first-order chi connectivity index (χ1) is 8.15. The predicted octanol–water partition coefficient (Wildman–Crippen LogP) is 2.07. The highest BCUT2D eigenvalue weighted by molar-refractivity contribution is 5.40. The first-order valence-corrected chi connectivity index (χ1v) is 6.43. The number of hydrogen-bond donors (Lipinski definition) is 2. The van der Waals surface area contributed by atoms with Crippen molar-refractivity contribution in [2.45, 2.75) is 56.6 Å². The van der Waals surface area contributed by atoms with Crippen molar-refractivity contribution < 1.29 is 5.11 Å². The molecule has 2 aliphatic carbocycles. The van der Waals surface area contributed by atoms with Crippen LogP contribution in [-0.2, 0) is 0 Å². The van der Waals surface area contributed by atoms with E-state index in [9.17, 15) is 5.11 Å². The summed E-state index contributed by atoms with van der Waals surface area (Å²) < 4.78 is 0. The first kappa shape index (κ1) is 11.0. The lowest BCUT2D eigenvalue weighted by Crippen LogP contribution is -2.42. The van der Waals surface area contributed by atoms with E-state index in [4.69, 9.17) is 0 Å². The molecule has 2 aliphatic rings. The van der Waals surface area contributed by atoms with Crippen LogP contribution in [-0.4, -0.2) is 26.7 Å². The predicted molar refractivity (Wildman–Crippen MR) is 65.9 cm³/mol. The van der Waals surface area contributed by atoms with Gasteiger partial charge in [0.15, 0.2) is 0 Å². The third-order valence-corrected chi connectivity index (χ3v) is 4.11. The SMILES string of the molecule is CC1(Nc2cc(C3CC(O)C3)ncn2)CCC1. The van der Waals surface area contributed by atoms with Crippen molar-refractivity contribution in [1.82, 2.24) is 9.97 Å². The average Bonchev–Trinajstić information content (AvgIpc) is 2.23. The van der Waals surface area contributed by atoms with E-state index in [2.05, 4.69) is 22.2 Å². The van der Waals surface area contributed by atoms with Gasteiger partial charge in [-0.15, -0.1) is 0 Å². The fraction of sp³-hybridized carbons (Fsp3) is 0.692. The number of nitrogens with zero attached hydrogens (tertiary/aromatic N) is 2. The third kappa shape index (κ3) is 2.14. The van der Waals surface area contributed by atoms with Gasteiger partial charge in [0.1, 0.15) is 12.1 Å². The number of anilines is 1. The molecule has 1 aromatic heterocycles. The fourth-order valence-electron chi connectivity index (χ4n) is 2.63. The molecular weight excluding hydrogens is 214 g/mol. The van der Waals surface area contributed by atoms with Crippen LogP contribution in [0.15, 0.2) is 12.4 Å². The van der Waals surface area contributed by atoms with Crippen LogP contribution in [0.25, 0.3) is 0 Å². The largest absolute Gasteiger partial charge is 0.393 e. The maximum absolute atomic E-state index is 9.32. The van der Waals surface area contributed by atoms with Crippen molar-refractivity contribution in [3.05, 3.63) is 18.1 Å². The minimum Gasteiger partial charge on any atom is -0.393 e. The van der Waals surface area contributed by atoms with E-state index in [0.29, 0.717) is 5.92 Å². The molecule has 4 heteroatoms. The van der Waals surface area contributed by atoms with Gasteiger partial charge in [-0.1, -0.05) is 0 Å². The van der Waals surface area contributed by atoms with Crippen molar-refractivity contribution in [2.75, 3.05) is 5.32 Å². The van der Waals surface area contributed by atoms with Crippen LogP contribution < -0.4 is 5.32 Å². The van der Waals surface area contributed by atoms with Gasteiger partial charge in [-0.05, 0) is 39.0 Å². The fourth-order valence-corrected chi connectivity index (χ4v) is 2.63. The molecule has 0 bridgehead atoms. The van der Waals surface area contributed by atoms with Gasteiger partial charge in [0.25, 0.3) is 0 Å². The van der Waals surface area contributed by atoms with Crippen molar-refractivity contribution in [1.29, 1.82) is 0 Å². The van der Waals surface area contributed by atoms with Crippen LogP contribution >= 0.6 is 0 Å². The number of aliphatic hydroxyl groups excluding tert-OH is 1. The Morgan fingerprint density at radius 3 is 2.71 bits per heavy atom. The molecule has 1 heterocycles. The summed E-state index contributed by atoms with van der Waals surface area (Å²) in [5.74, 6) is 1.35. The van der Waals surface area contributed by atoms with Crippen LogP contribution in [0, 0.1) is 0 Å². The number of rotatable bonds is 3. The second-order valence-electron chi connectivity index (χ2n) is 5.69. The van der Waals surface area contributed by atoms with E-state index in [1.807, 2.05) is 6.07 Å². The van der Waals surface area contributed by atoms with E-state index in [1.54, 1.807) is 6.33 Å². The average molecular weight is 233 g/mol. The molecule has 0 atom stereocenters. The van der Waals surface area contributed by atoms with Crippen LogP contribution in [0.3, 0.4) is 0 Å². The molecule has 0 spiro atoms. The molecule has 0 radical (unpaired) electrons. The number of aliphatic hydroxyl groups is 1. The lowest BCUT2D eigenvalue weighted by atomic mass is 9.78. The van der Waals surface area contributed by atoms with Crippen molar-refractivity contribution >= 4 is 5.82 Å². The Kier molecular flexibility index (Phi) is 2.54. The minimum absolute atomic E-state index is 0.129. The lowest BCUT2D eigenvalue weighted by Gasteiger charge is -2.39. The molecule has 17 heavy (non-hydrogen) atoms. The minimum atomic E-state index is -0.129. The lowest BCUT2D eigenvalue weighted by molar-refractivity contribution is 0.0732. The van der Waals surface area contributed by atoms with Crippen LogP contribution in [0.1, 0.15) is 50.6 Å². The topological polar surface area (TPSA) is 58.0 Å². The van der Waals surface area contributed by atoms with E-state index in [1.165, 1.54) is 19.3 Å². The van der Waals surface area contributed by atoms with E-state index >= 15 is 0 Å². The van der Waals surface area contributed by atoms with Gasteiger partial charge in [0.2, 0.25) is 0 Å². The van der Waals surface area contributed by atoms with Gasteiger partial charge in [-0.3, -0.25) is 0 Å². The maximum atomic E-state index is 9.32. The van der Waals surface area contributed by atoms with Crippen LogP contribution in [0.5, 0.6) is 0 Å². The molecule has 1 aromatic rings. The molecule has 0 aromatic carbocycles. The van der Waals surface area contributed by atoms with E-state index in [0.717, 1.165) is 24.4 Å². The Balaban J connectivity index is 1.70. The van der Waals surface area contributed by atoms with Crippen LogP contribution in [0.4, 0.5) is 5.82 Å². The van der Waals surface area contributed by atoms with Crippen molar-refractivity contribution in [2.24, 2.45) is 0 Å². The zero-order valence-corrected chi connectivity index (χ0v) is 10.2. The molecular formula is C13H19N3O. The van der Waals surface area contributed by atoms with Gasteiger partial charge in [0, 0.05) is 23.2 Å². The second-order valence-corrected chi connectivity index (χ2v) is 5.69. The van der Waals surface area contributed by atoms with E-state index in [-0.39, 0.29) is 11.6 Å². The molecule has 92 valence electrons. The summed E-state index contributed by atoms with van der Waals surface area (Å²) in [4.78, 5) is 8.59. The standard InChI is InChI=1S/C13H19N3O/c1-13(3-2-4-13)16-12-7-11(14-8-15-12)9-5-10(17)6-9/h7-10,17H,2-6H2,1H3,(H,14,15,16). The summed E-state index contributed by atoms with van der Waals surface area (Å²) in [5.41, 5.74) is 1.29. The van der Waals surface area contributed by atoms with Gasteiger partial charge in [-0.25, -0.2) is 9.97 Å². The van der Waals surface area contributed by atoms with Crippen molar-refractivity contribution in [3.8, 4) is 0 Å². The Morgan fingerprint density at radius 2 is 2.12 bits per heavy atom. The zero-order valence-electron chi connectivity index (χ0n) is 10.2.